The minimum Gasteiger partial charge on any atom is -0.377 e. The van der Waals surface area contributed by atoms with Crippen LogP contribution in [0.4, 0.5) is 0 Å². The van der Waals surface area contributed by atoms with Gasteiger partial charge in [-0.2, -0.15) is 0 Å². The first kappa shape index (κ1) is 13.1. The molecule has 0 aromatic heterocycles. The Bertz CT molecular complexity index is 415. The highest BCUT2D eigenvalue weighted by atomic mass is 16.5. The molecule has 1 aromatic rings. The fraction of sp³-hybridized carbons (Fsp3) is 0.625. The first-order valence-electron chi connectivity index (χ1n) is 7.54. The van der Waals surface area contributed by atoms with Crippen molar-refractivity contribution in [3.63, 3.8) is 0 Å². The van der Waals surface area contributed by atoms with Crippen LogP contribution in [0, 0.1) is 0 Å². The Morgan fingerprint density at radius 2 is 2.16 bits per heavy atom. The van der Waals surface area contributed by atoms with E-state index in [2.05, 4.69) is 29.7 Å². The van der Waals surface area contributed by atoms with E-state index in [1.807, 2.05) is 0 Å². The molecule has 3 unspecified atom stereocenters. The van der Waals surface area contributed by atoms with Gasteiger partial charge in [0.05, 0.1) is 6.10 Å². The van der Waals surface area contributed by atoms with E-state index in [0.717, 1.165) is 19.4 Å². The van der Waals surface area contributed by atoms with Crippen LogP contribution in [0.1, 0.15) is 49.1 Å². The predicted octanol–water partition coefficient (Wildman–Crippen LogP) is 2.51. The Labute approximate surface area is 115 Å². The van der Waals surface area contributed by atoms with Crippen molar-refractivity contribution in [2.75, 3.05) is 6.61 Å². The maximum Gasteiger partial charge on any atom is 0.0742 e. The minimum absolute atomic E-state index is 0.290. The molecule has 0 bridgehead atoms. The van der Waals surface area contributed by atoms with Crippen LogP contribution in [0.3, 0.4) is 0 Å². The van der Waals surface area contributed by atoms with Crippen molar-refractivity contribution in [2.45, 2.75) is 56.6 Å². The second kappa shape index (κ2) is 6.04. The summed E-state index contributed by atoms with van der Waals surface area (Å²) in [5.41, 5.74) is 6.06. The Kier molecular flexibility index (Phi) is 4.16. The minimum atomic E-state index is 0.290. The lowest BCUT2D eigenvalue weighted by Crippen LogP contribution is -2.44. The van der Waals surface area contributed by atoms with Gasteiger partial charge in [0.25, 0.3) is 0 Å². The van der Waals surface area contributed by atoms with Gasteiger partial charge in [-0.25, -0.2) is 0 Å². The first-order valence-corrected chi connectivity index (χ1v) is 7.54. The fourth-order valence-corrected chi connectivity index (χ4v) is 3.65. The van der Waals surface area contributed by atoms with Crippen molar-refractivity contribution in [1.29, 1.82) is 0 Å². The zero-order valence-electron chi connectivity index (χ0n) is 11.5. The molecule has 19 heavy (non-hydrogen) atoms. The van der Waals surface area contributed by atoms with Crippen LogP contribution in [-0.4, -0.2) is 18.8 Å². The summed E-state index contributed by atoms with van der Waals surface area (Å²) in [5.74, 6) is 6.39. The molecule has 1 heterocycles. The van der Waals surface area contributed by atoms with Crippen LogP contribution in [0.5, 0.6) is 0 Å². The second-order valence-electron chi connectivity index (χ2n) is 5.85. The van der Waals surface area contributed by atoms with E-state index in [0.29, 0.717) is 18.1 Å². The number of hydrogen-bond donors (Lipinski definition) is 2. The van der Waals surface area contributed by atoms with Crippen molar-refractivity contribution in [1.82, 2.24) is 5.43 Å². The van der Waals surface area contributed by atoms with Gasteiger partial charge in [-0.3, -0.25) is 11.3 Å². The second-order valence-corrected chi connectivity index (χ2v) is 5.85. The molecule has 1 aromatic carbocycles. The lowest BCUT2D eigenvalue weighted by atomic mass is 9.79. The van der Waals surface area contributed by atoms with Gasteiger partial charge in [-0.1, -0.05) is 24.3 Å². The molecular formula is C16H24N2O. The fourth-order valence-electron chi connectivity index (χ4n) is 3.65. The molecule has 0 amide bonds. The summed E-state index contributed by atoms with van der Waals surface area (Å²) in [4.78, 5) is 0. The number of fused-ring (bicyclic) bond motifs is 1. The standard InChI is InChI=1S/C16H24N2O/c17-18-15(16-9-4-10-19-16)11-13-7-3-6-12-5-1-2-8-14(12)13/h1-2,5,8,13,15-16,18H,3-4,6-7,9-11,17H2. The van der Waals surface area contributed by atoms with E-state index in [1.165, 1.54) is 36.8 Å². The average molecular weight is 260 g/mol. The molecule has 1 aliphatic heterocycles. The molecule has 3 atom stereocenters. The van der Waals surface area contributed by atoms with Gasteiger partial charge in [0.2, 0.25) is 0 Å². The van der Waals surface area contributed by atoms with Crippen molar-refractivity contribution in [3.8, 4) is 0 Å². The summed E-state index contributed by atoms with van der Waals surface area (Å²) in [6.07, 6.45) is 7.52. The van der Waals surface area contributed by atoms with Gasteiger partial charge in [0.1, 0.15) is 0 Å². The largest absolute Gasteiger partial charge is 0.377 e. The summed E-state index contributed by atoms with van der Waals surface area (Å²) in [5, 5.41) is 0. The molecule has 3 heteroatoms. The summed E-state index contributed by atoms with van der Waals surface area (Å²) in [7, 11) is 0. The lowest BCUT2D eigenvalue weighted by Gasteiger charge is -2.31. The summed E-state index contributed by atoms with van der Waals surface area (Å²) in [6, 6.07) is 9.17. The third-order valence-electron chi connectivity index (χ3n) is 4.66. The first-order chi connectivity index (χ1) is 9.38. The van der Waals surface area contributed by atoms with Gasteiger partial charge >= 0.3 is 0 Å². The summed E-state index contributed by atoms with van der Waals surface area (Å²) >= 11 is 0. The molecule has 1 saturated heterocycles. The third kappa shape index (κ3) is 2.83. The molecule has 2 aliphatic rings. The highest BCUT2D eigenvalue weighted by Gasteiger charge is 2.29. The monoisotopic (exact) mass is 260 g/mol. The highest BCUT2D eigenvalue weighted by Crippen LogP contribution is 2.35. The average Bonchev–Trinajstić information content (AvgIpc) is 2.99. The molecule has 0 radical (unpaired) electrons. The molecule has 0 saturated carbocycles. The molecule has 3 N–H and O–H groups in total. The lowest BCUT2D eigenvalue weighted by molar-refractivity contribution is 0.0725. The van der Waals surface area contributed by atoms with E-state index in [4.69, 9.17) is 10.6 Å². The number of rotatable bonds is 4. The topological polar surface area (TPSA) is 47.3 Å². The van der Waals surface area contributed by atoms with Crippen molar-refractivity contribution in [3.05, 3.63) is 35.4 Å². The van der Waals surface area contributed by atoms with Crippen LogP contribution in [0.15, 0.2) is 24.3 Å². The maximum absolute atomic E-state index is 5.79. The van der Waals surface area contributed by atoms with E-state index < -0.39 is 0 Å². The molecule has 1 fully saturated rings. The Balaban J connectivity index is 1.72. The van der Waals surface area contributed by atoms with Gasteiger partial charge in [0.15, 0.2) is 0 Å². The smallest absolute Gasteiger partial charge is 0.0742 e. The maximum atomic E-state index is 5.79. The molecule has 1 aliphatic carbocycles. The van der Waals surface area contributed by atoms with Crippen LogP contribution in [-0.2, 0) is 11.2 Å². The van der Waals surface area contributed by atoms with Crippen molar-refractivity contribution in [2.24, 2.45) is 5.84 Å². The predicted molar refractivity (Wildman–Crippen MR) is 76.8 cm³/mol. The molecular weight excluding hydrogens is 236 g/mol. The third-order valence-corrected chi connectivity index (χ3v) is 4.66. The number of benzene rings is 1. The van der Waals surface area contributed by atoms with Crippen LogP contribution >= 0.6 is 0 Å². The SMILES string of the molecule is NNC(CC1CCCc2ccccc21)C1CCCO1. The molecule has 0 spiro atoms. The number of hydrogen-bond acceptors (Lipinski definition) is 3. The van der Waals surface area contributed by atoms with Crippen LogP contribution in [0.25, 0.3) is 0 Å². The molecule has 3 rings (SSSR count). The number of ether oxygens (including phenoxy) is 1. The van der Waals surface area contributed by atoms with Crippen molar-refractivity contribution < 1.29 is 4.74 Å². The Morgan fingerprint density at radius 3 is 2.95 bits per heavy atom. The highest BCUT2D eigenvalue weighted by molar-refractivity contribution is 5.32. The molecule has 104 valence electrons. The Morgan fingerprint density at radius 1 is 1.26 bits per heavy atom. The van der Waals surface area contributed by atoms with Gasteiger partial charge in [-0.05, 0) is 55.6 Å². The number of nitrogens with one attached hydrogen (secondary N) is 1. The van der Waals surface area contributed by atoms with Gasteiger partial charge in [-0.15, -0.1) is 0 Å². The molecule has 3 nitrogen and oxygen atoms in total. The zero-order chi connectivity index (χ0) is 13.1. The van der Waals surface area contributed by atoms with Crippen LogP contribution < -0.4 is 11.3 Å². The normalized spacial score (nSPS) is 28.1. The number of nitrogens with two attached hydrogens (primary N) is 1. The Hall–Kier alpha value is -0.900. The van der Waals surface area contributed by atoms with Gasteiger partial charge < -0.3 is 4.74 Å². The van der Waals surface area contributed by atoms with E-state index in [9.17, 15) is 0 Å². The zero-order valence-corrected chi connectivity index (χ0v) is 11.5. The summed E-state index contributed by atoms with van der Waals surface area (Å²) in [6.45, 7) is 0.893. The van der Waals surface area contributed by atoms with Gasteiger partial charge in [0, 0.05) is 12.6 Å². The van der Waals surface area contributed by atoms with E-state index in [-0.39, 0.29) is 0 Å². The quantitative estimate of drug-likeness (QED) is 0.646. The van der Waals surface area contributed by atoms with E-state index >= 15 is 0 Å². The van der Waals surface area contributed by atoms with E-state index in [1.54, 1.807) is 0 Å². The number of aryl methyl sites for hydroxylation is 1. The summed E-state index contributed by atoms with van der Waals surface area (Å²) < 4.78 is 5.79. The van der Waals surface area contributed by atoms with Crippen LogP contribution in [0.2, 0.25) is 0 Å². The van der Waals surface area contributed by atoms with Crippen molar-refractivity contribution >= 4 is 0 Å². The number of hydrazine groups is 1.